The molecule has 0 saturated heterocycles. The Morgan fingerprint density at radius 3 is 2.83 bits per heavy atom. The number of carbonyl (C=O) groups is 1. The third-order valence-corrected chi connectivity index (χ3v) is 3.75. The number of hydrogen-bond acceptors (Lipinski definition) is 3. The largest absolute Gasteiger partial charge is 0.396 e. The minimum absolute atomic E-state index is 0.0784. The van der Waals surface area contributed by atoms with E-state index >= 15 is 0 Å². The van der Waals surface area contributed by atoms with Gasteiger partial charge in [-0.25, -0.2) is 0 Å². The minimum atomic E-state index is -0.0784. The van der Waals surface area contributed by atoms with Crippen molar-refractivity contribution in [3.8, 4) is 0 Å². The van der Waals surface area contributed by atoms with Crippen molar-refractivity contribution in [3.05, 3.63) is 30.1 Å². The van der Waals surface area contributed by atoms with Crippen molar-refractivity contribution >= 4 is 5.91 Å². The molecule has 1 saturated carbocycles. The number of amides is 1. The molecule has 4 heteroatoms. The second-order valence-electron chi connectivity index (χ2n) is 4.94. The van der Waals surface area contributed by atoms with Crippen molar-refractivity contribution in [1.82, 2.24) is 10.3 Å². The van der Waals surface area contributed by atoms with E-state index in [1.54, 1.807) is 24.5 Å². The number of aliphatic hydroxyl groups excluding tert-OH is 1. The molecular formula is C14H20N2O2. The van der Waals surface area contributed by atoms with E-state index in [4.69, 9.17) is 0 Å². The Morgan fingerprint density at radius 2 is 2.17 bits per heavy atom. The normalized spacial score (nSPS) is 23.6. The second kappa shape index (κ2) is 6.50. The average Bonchev–Trinajstić information content (AvgIpc) is 2.46. The lowest BCUT2D eigenvalue weighted by atomic mass is 9.79. The van der Waals surface area contributed by atoms with Crippen molar-refractivity contribution in [2.45, 2.75) is 25.7 Å². The van der Waals surface area contributed by atoms with Crippen LogP contribution in [0.1, 0.15) is 36.0 Å². The second-order valence-corrected chi connectivity index (χ2v) is 4.94. The van der Waals surface area contributed by atoms with E-state index in [-0.39, 0.29) is 12.5 Å². The summed E-state index contributed by atoms with van der Waals surface area (Å²) < 4.78 is 0. The van der Waals surface area contributed by atoms with E-state index in [0.29, 0.717) is 23.9 Å². The number of nitrogens with zero attached hydrogens (tertiary/aromatic N) is 1. The molecule has 2 rings (SSSR count). The molecule has 18 heavy (non-hydrogen) atoms. The molecule has 0 radical (unpaired) electrons. The zero-order chi connectivity index (χ0) is 12.8. The lowest BCUT2D eigenvalue weighted by molar-refractivity contribution is 0.0909. The van der Waals surface area contributed by atoms with Crippen molar-refractivity contribution in [1.29, 1.82) is 0 Å². The molecule has 0 aliphatic heterocycles. The lowest BCUT2D eigenvalue weighted by Gasteiger charge is -2.30. The predicted octanol–water partition coefficient (Wildman–Crippen LogP) is 1.61. The van der Waals surface area contributed by atoms with Crippen LogP contribution in [0, 0.1) is 11.8 Å². The maximum atomic E-state index is 11.9. The highest BCUT2D eigenvalue weighted by molar-refractivity contribution is 5.93. The highest BCUT2D eigenvalue weighted by Crippen LogP contribution is 2.29. The lowest BCUT2D eigenvalue weighted by Crippen LogP contribution is -2.35. The molecule has 1 aliphatic rings. The molecule has 0 spiro atoms. The molecule has 1 aliphatic carbocycles. The highest BCUT2D eigenvalue weighted by Gasteiger charge is 2.24. The third-order valence-electron chi connectivity index (χ3n) is 3.75. The SMILES string of the molecule is O=C(NCC1CCCCC1CO)c1cccnc1. The maximum absolute atomic E-state index is 11.9. The monoisotopic (exact) mass is 248 g/mol. The van der Waals surface area contributed by atoms with Gasteiger partial charge in [-0.1, -0.05) is 12.8 Å². The molecule has 1 fully saturated rings. The summed E-state index contributed by atoms with van der Waals surface area (Å²) in [6.07, 6.45) is 7.78. The molecular weight excluding hydrogens is 228 g/mol. The van der Waals surface area contributed by atoms with E-state index < -0.39 is 0 Å². The first-order chi connectivity index (χ1) is 8.81. The summed E-state index contributed by atoms with van der Waals surface area (Å²) in [6, 6.07) is 3.51. The number of pyridine rings is 1. The van der Waals surface area contributed by atoms with Gasteiger partial charge in [-0.05, 0) is 36.8 Å². The van der Waals surface area contributed by atoms with Gasteiger partial charge in [-0.2, -0.15) is 0 Å². The van der Waals surface area contributed by atoms with Gasteiger partial charge in [-0.15, -0.1) is 0 Å². The van der Waals surface area contributed by atoms with Gasteiger partial charge >= 0.3 is 0 Å². The molecule has 1 amide bonds. The van der Waals surface area contributed by atoms with Gasteiger partial charge in [0, 0.05) is 25.5 Å². The Morgan fingerprint density at radius 1 is 1.39 bits per heavy atom. The number of aliphatic hydroxyl groups is 1. The zero-order valence-electron chi connectivity index (χ0n) is 10.5. The van der Waals surface area contributed by atoms with E-state index in [1.165, 1.54) is 12.8 Å². The molecule has 98 valence electrons. The number of nitrogens with one attached hydrogen (secondary N) is 1. The van der Waals surface area contributed by atoms with Crippen molar-refractivity contribution in [2.75, 3.05) is 13.2 Å². The molecule has 2 unspecified atom stereocenters. The van der Waals surface area contributed by atoms with Gasteiger partial charge in [0.2, 0.25) is 0 Å². The quantitative estimate of drug-likeness (QED) is 0.851. The van der Waals surface area contributed by atoms with Crippen LogP contribution in [0.5, 0.6) is 0 Å². The van der Waals surface area contributed by atoms with Crippen LogP contribution < -0.4 is 5.32 Å². The Bertz CT molecular complexity index is 381. The minimum Gasteiger partial charge on any atom is -0.396 e. The van der Waals surface area contributed by atoms with Crippen LogP contribution in [0.3, 0.4) is 0 Å². The molecule has 2 N–H and O–H groups in total. The van der Waals surface area contributed by atoms with E-state index in [9.17, 15) is 9.90 Å². The van der Waals surface area contributed by atoms with Gasteiger partial charge in [0.25, 0.3) is 5.91 Å². The fourth-order valence-corrected chi connectivity index (χ4v) is 2.62. The Hall–Kier alpha value is -1.42. The molecule has 4 nitrogen and oxygen atoms in total. The first-order valence-electron chi connectivity index (χ1n) is 6.60. The van der Waals surface area contributed by atoms with Crippen molar-refractivity contribution < 1.29 is 9.90 Å². The predicted molar refractivity (Wildman–Crippen MR) is 69.1 cm³/mol. The fraction of sp³-hybridized carbons (Fsp3) is 0.571. The van der Waals surface area contributed by atoms with Crippen LogP contribution >= 0.6 is 0 Å². The van der Waals surface area contributed by atoms with Crippen molar-refractivity contribution in [2.24, 2.45) is 11.8 Å². The molecule has 1 heterocycles. The summed E-state index contributed by atoms with van der Waals surface area (Å²) in [6.45, 7) is 0.881. The summed E-state index contributed by atoms with van der Waals surface area (Å²) in [4.78, 5) is 15.8. The molecule has 1 aromatic rings. The van der Waals surface area contributed by atoms with Gasteiger partial charge in [0.1, 0.15) is 0 Å². The standard InChI is InChI=1S/C14H20N2O2/c17-10-13-5-2-1-4-11(13)9-16-14(18)12-6-3-7-15-8-12/h3,6-8,11,13,17H,1-2,4-5,9-10H2,(H,16,18). The van der Waals surface area contributed by atoms with E-state index in [2.05, 4.69) is 10.3 Å². The smallest absolute Gasteiger partial charge is 0.252 e. The summed E-state index contributed by atoms with van der Waals surface area (Å²) in [5, 5.41) is 12.3. The Labute approximate surface area is 107 Å². The molecule has 0 aromatic carbocycles. The Balaban J connectivity index is 1.85. The molecule has 2 atom stereocenters. The number of rotatable bonds is 4. The number of aromatic nitrogens is 1. The average molecular weight is 248 g/mol. The van der Waals surface area contributed by atoms with Crippen LogP contribution in [0.15, 0.2) is 24.5 Å². The summed E-state index contributed by atoms with van der Waals surface area (Å²) in [5.74, 6) is 0.669. The summed E-state index contributed by atoms with van der Waals surface area (Å²) in [5.41, 5.74) is 0.592. The van der Waals surface area contributed by atoms with Crippen LogP contribution in [-0.4, -0.2) is 29.1 Å². The van der Waals surface area contributed by atoms with Crippen molar-refractivity contribution in [3.63, 3.8) is 0 Å². The van der Waals surface area contributed by atoms with Crippen LogP contribution in [-0.2, 0) is 0 Å². The topological polar surface area (TPSA) is 62.2 Å². The third kappa shape index (κ3) is 3.29. The zero-order valence-corrected chi connectivity index (χ0v) is 10.5. The highest BCUT2D eigenvalue weighted by atomic mass is 16.3. The Kier molecular flexibility index (Phi) is 4.70. The van der Waals surface area contributed by atoms with Gasteiger partial charge < -0.3 is 10.4 Å². The van der Waals surface area contributed by atoms with E-state index in [1.807, 2.05) is 0 Å². The van der Waals surface area contributed by atoms with Crippen LogP contribution in [0.25, 0.3) is 0 Å². The maximum Gasteiger partial charge on any atom is 0.252 e. The summed E-state index contributed by atoms with van der Waals surface area (Å²) in [7, 11) is 0. The fourth-order valence-electron chi connectivity index (χ4n) is 2.62. The first-order valence-corrected chi connectivity index (χ1v) is 6.60. The number of hydrogen-bond donors (Lipinski definition) is 2. The molecule has 0 bridgehead atoms. The first kappa shape index (κ1) is 13.0. The molecule has 1 aromatic heterocycles. The van der Waals surface area contributed by atoms with Crippen LogP contribution in [0.4, 0.5) is 0 Å². The van der Waals surface area contributed by atoms with E-state index in [0.717, 1.165) is 12.8 Å². The van der Waals surface area contributed by atoms with Gasteiger partial charge in [0.05, 0.1) is 5.56 Å². The number of carbonyl (C=O) groups excluding carboxylic acids is 1. The van der Waals surface area contributed by atoms with Gasteiger partial charge in [0.15, 0.2) is 0 Å². The van der Waals surface area contributed by atoms with Crippen LogP contribution in [0.2, 0.25) is 0 Å². The summed E-state index contributed by atoms with van der Waals surface area (Å²) >= 11 is 0. The van der Waals surface area contributed by atoms with Gasteiger partial charge in [-0.3, -0.25) is 9.78 Å².